The fourth-order valence-electron chi connectivity index (χ4n) is 3.92. The van der Waals surface area contributed by atoms with Gasteiger partial charge in [-0.05, 0) is 36.2 Å². The third kappa shape index (κ3) is 3.17. The number of aromatic nitrogens is 4. The number of H-pyrrole nitrogens is 1. The van der Waals surface area contributed by atoms with Crippen LogP contribution in [0.4, 0.5) is 15.9 Å². The average molecular weight is 424 g/mol. The van der Waals surface area contributed by atoms with Gasteiger partial charge in [-0.15, -0.1) is 0 Å². The predicted molar refractivity (Wildman–Crippen MR) is 121 cm³/mol. The molecule has 0 fully saturated rings. The minimum atomic E-state index is -0.486. The van der Waals surface area contributed by atoms with Crippen LogP contribution >= 0.6 is 0 Å². The smallest absolute Gasteiger partial charge is 0.263 e. The molecule has 0 spiro atoms. The summed E-state index contributed by atoms with van der Waals surface area (Å²) in [5.74, 6) is 0.00751. The van der Waals surface area contributed by atoms with Crippen molar-refractivity contribution in [1.82, 2.24) is 19.4 Å². The largest absolute Gasteiger partial charge is 0.364 e. The molecule has 5 rings (SSSR count). The van der Waals surface area contributed by atoms with Crippen LogP contribution in [0, 0.1) is 12.4 Å². The Morgan fingerprint density at radius 1 is 1.19 bits per heavy atom. The highest BCUT2D eigenvalue weighted by Crippen LogP contribution is 2.34. The first-order valence-electron chi connectivity index (χ1n) is 9.93. The summed E-state index contributed by atoms with van der Waals surface area (Å²) in [4.78, 5) is 28.5. The lowest BCUT2D eigenvalue weighted by Gasteiger charge is -2.20. The third-order valence-electron chi connectivity index (χ3n) is 5.42. The highest BCUT2D eigenvalue weighted by molar-refractivity contribution is 5.99. The number of hydrogen-bond acceptors (Lipinski definition) is 4. The summed E-state index contributed by atoms with van der Waals surface area (Å²) in [6.45, 7) is 9.33. The van der Waals surface area contributed by atoms with Gasteiger partial charge in [0, 0.05) is 17.9 Å². The fourth-order valence-corrected chi connectivity index (χ4v) is 3.92. The summed E-state index contributed by atoms with van der Waals surface area (Å²) >= 11 is 0. The molecule has 0 bridgehead atoms. The molecule has 0 amide bonds. The predicted octanol–water partition coefficient (Wildman–Crippen LogP) is 5.10. The zero-order valence-electron chi connectivity index (χ0n) is 17.0. The second kappa shape index (κ2) is 7.63. The van der Waals surface area contributed by atoms with Gasteiger partial charge in [-0.1, -0.05) is 30.3 Å². The molecule has 1 aromatic carbocycles. The second-order valence-electron chi connectivity index (χ2n) is 7.39. The van der Waals surface area contributed by atoms with E-state index in [4.69, 9.17) is 6.57 Å². The van der Waals surface area contributed by atoms with E-state index in [1.54, 1.807) is 12.3 Å². The van der Waals surface area contributed by atoms with Crippen LogP contribution < -0.4 is 10.9 Å². The molecule has 0 unspecified atom stereocenters. The molecule has 156 valence electrons. The van der Waals surface area contributed by atoms with E-state index in [0.29, 0.717) is 33.6 Å². The van der Waals surface area contributed by atoms with Gasteiger partial charge >= 0.3 is 0 Å². The van der Waals surface area contributed by atoms with Crippen molar-refractivity contribution in [1.29, 1.82) is 0 Å². The first kappa shape index (κ1) is 19.5. The van der Waals surface area contributed by atoms with Crippen molar-refractivity contribution >= 4 is 28.1 Å². The maximum Gasteiger partial charge on any atom is 0.263 e. The van der Waals surface area contributed by atoms with Gasteiger partial charge in [0.2, 0.25) is 5.69 Å². The standard InChI is InChI=1S/C24H17FN6O/c1-14(30-23-21-19(26-2)11-27-22(21)28-13-29-23)18-10-17-9-8-16(25)12-31(17)24(32)20(18)15-6-4-3-5-7-15/h3-14H,1H3,(H2,27,28,29,30)/t14-/m0/s1. The van der Waals surface area contributed by atoms with Crippen molar-refractivity contribution in [3.05, 3.63) is 100 Å². The zero-order chi connectivity index (χ0) is 22.2. The molecule has 8 heteroatoms. The molecule has 2 N–H and O–H groups in total. The topological polar surface area (TPSA) is 79.4 Å². The molecule has 0 radical (unpaired) electrons. The van der Waals surface area contributed by atoms with Gasteiger partial charge in [-0.3, -0.25) is 9.20 Å². The first-order chi connectivity index (χ1) is 15.6. The summed E-state index contributed by atoms with van der Waals surface area (Å²) in [5.41, 5.74) is 3.17. The lowest BCUT2D eigenvalue weighted by atomic mass is 9.96. The fraction of sp³-hybridized carbons (Fsp3) is 0.0833. The van der Waals surface area contributed by atoms with Crippen LogP contribution in [0.15, 0.2) is 72.0 Å². The van der Waals surface area contributed by atoms with Crippen LogP contribution in [0.1, 0.15) is 18.5 Å². The van der Waals surface area contributed by atoms with Gasteiger partial charge in [0.1, 0.15) is 23.6 Å². The number of hydrogen-bond donors (Lipinski definition) is 2. The maximum absolute atomic E-state index is 13.9. The van der Waals surface area contributed by atoms with Gasteiger partial charge in [-0.25, -0.2) is 19.2 Å². The Hall–Kier alpha value is -4.51. The van der Waals surface area contributed by atoms with E-state index in [0.717, 1.165) is 11.1 Å². The quantitative estimate of drug-likeness (QED) is 0.394. The van der Waals surface area contributed by atoms with Gasteiger partial charge in [0.15, 0.2) is 0 Å². The van der Waals surface area contributed by atoms with E-state index in [1.807, 2.05) is 43.3 Å². The number of halogens is 1. The summed E-state index contributed by atoms with van der Waals surface area (Å²) in [7, 11) is 0. The minimum absolute atomic E-state index is 0.312. The summed E-state index contributed by atoms with van der Waals surface area (Å²) in [6.07, 6.45) is 4.20. The number of fused-ring (bicyclic) bond motifs is 2. The first-order valence-corrected chi connectivity index (χ1v) is 9.93. The Balaban J connectivity index is 1.70. The Morgan fingerprint density at radius 3 is 2.78 bits per heavy atom. The number of anilines is 1. The Bertz CT molecular complexity index is 1570. The van der Waals surface area contributed by atoms with Crippen LogP contribution in [-0.4, -0.2) is 19.4 Å². The van der Waals surface area contributed by atoms with E-state index >= 15 is 0 Å². The van der Waals surface area contributed by atoms with Gasteiger partial charge in [-0.2, -0.15) is 0 Å². The Labute approximate surface area is 182 Å². The van der Waals surface area contributed by atoms with Crippen LogP contribution in [0.5, 0.6) is 0 Å². The van der Waals surface area contributed by atoms with Crippen LogP contribution in [-0.2, 0) is 0 Å². The second-order valence-corrected chi connectivity index (χ2v) is 7.39. The zero-order valence-corrected chi connectivity index (χ0v) is 17.0. The summed E-state index contributed by atoms with van der Waals surface area (Å²) in [5, 5.41) is 3.93. The number of rotatable bonds is 4. The summed E-state index contributed by atoms with van der Waals surface area (Å²) in [6, 6.07) is 13.7. The molecule has 4 heterocycles. The number of aromatic amines is 1. The van der Waals surface area contributed by atoms with Gasteiger partial charge in [0.25, 0.3) is 5.56 Å². The lowest BCUT2D eigenvalue weighted by molar-refractivity contribution is 0.618. The molecular weight excluding hydrogens is 407 g/mol. The Morgan fingerprint density at radius 2 is 2.00 bits per heavy atom. The number of nitrogens with zero attached hydrogens (tertiary/aromatic N) is 4. The molecule has 0 saturated carbocycles. The van der Waals surface area contributed by atoms with E-state index in [9.17, 15) is 9.18 Å². The van der Waals surface area contributed by atoms with E-state index in [-0.39, 0.29) is 11.6 Å². The molecule has 1 atom stereocenters. The average Bonchev–Trinajstić information content (AvgIpc) is 3.24. The normalized spacial score (nSPS) is 12.0. The molecule has 4 aromatic heterocycles. The monoisotopic (exact) mass is 424 g/mol. The Kier molecular flexibility index (Phi) is 4.64. The van der Waals surface area contributed by atoms with Crippen molar-refractivity contribution in [3.8, 4) is 11.1 Å². The van der Waals surface area contributed by atoms with Crippen molar-refractivity contribution in [2.45, 2.75) is 13.0 Å². The molecule has 5 aromatic rings. The molecule has 7 nitrogen and oxygen atoms in total. The summed E-state index contributed by atoms with van der Waals surface area (Å²) < 4.78 is 15.2. The van der Waals surface area contributed by atoms with E-state index in [1.165, 1.54) is 23.0 Å². The van der Waals surface area contributed by atoms with E-state index in [2.05, 4.69) is 25.1 Å². The molecule has 0 saturated heterocycles. The lowest BCUT2D eigenvalue weighted by Crippen LogP contribution is -2.21. The van der Waals surface area contributed by atoms with Crippen molar-refractivity contribution in [3.63, 3.8) is 0 Å². The van der Waals surface area contributed by atoms with Crippen molar-refractivity contribution in [2.75, 3.05) is 5.32 Å². The van der Waals surface area contributed by atoms with Gasteiger partial charge < -0.3 is 10.3 Å². The third-order valence-corrected chi connectivity index (χ3v) is 5.42. The highest BCUT2D eigenvalue weighted by Gasteiger charge is 2.20. The number of benzene rings is 1. The molecule has 32 heavy (non-hydrogen) atoms. The van der Waals surface area contributed by atoms with Gasteiger partial charge in [0.05, 0.1) is 23.6 Å². The van der Waals surface area contributed by atoms with Crippen LogP contribution in [0.3, 0.4) is 0 Å². The number of pyridine rings is 2. The van der Waals surface area contributed by atoms with Crippen molar-refractivity contribution < 1.29 is 4.39 Å². The highest BCUT2D eigenvalue weighted by atomic mass is 19.1. The van der Waals surface area contributed by atoms with Crippen LogP contribution in [0.25, 0.3) is 32.5 Å². The van der Waals surface area contributed by atoms with E-state index < -0.39 is 5.82 Å². The molecule has 0 aliphatic carbocycles. The van der Waals surface area contributed by atoms with Crippen molar-refractivity contribution in [2.24, 2.45) is 0 Å². The maximum atomic E-state index is 13.9. The molecule has 0 aliphatic rings. The SMILES string of the molecule is [C-]#[N+]c1c[nH]c2ncnc(N[C@@H](C)c3cc4ccc(F)cn4c(=O)c3-c3ccccc3)c12. The molecular formula is C24H17FN6O. The molecule has 0 aliphatic heterocycles. The van der Waals surface area contributed by atoms with Crippen LogP contribution in [0.2, 0.25) is 0 Å². The minimum Gasteiger partial charge on any atom is -0.364 e. The number of nitrogens with one attached hydrogen (secondary N) is 2.